The van der Waals surface area contributed by atoms with Crippen LogP contribution in [0.15, 0.2) is 10.5 Å². The topological polar surface area (TPSA) is 32.3 Å². The number of aliphatic hydroxyl groups excluding tert-OH is 1. The Morgan fingerprint density at radius 3 is 2.67 bits per heavy atom. The third-order valence-electron chi connectivity index (χ3n) is 1.96. The summed E-state index contributed by atoms with van der Waals surface area (Å²) in [7, 11) is 0. The first-order valence-electron chi connectivity index (χ1n) is 4.83. The van der Waals surface area contributed by atoms with Gasteiger partial charge in [0.15, 0.2) is 0 Å². The molecule has 1 atom stereocenters. The van der Waals surface area contributed by atoms with Crippen molar-refractivity contribution in [3.8, 4) is 0 Å². The molecular weight excluding hydrogens is 298 g/mol. The Bertz CT molecular complexity index is 297. The first kappa shape index (κ1) is 13.5. The van der Waals surface area contributed by atoms with Crippen molar-refractivity contribution in [2.45, 2.75) is 19.9 Å². The molecule has 0 bridgehead atoms. The van der Waals surface area contributed by atoms with Crippen LogP contribution in [-0.4, -0.2) is 18.3 Å². The van der Waals surface area contributed by atoms with Crippen molar-refractivity contribution in [2.75, 3.05) is 13.2 Å². The average Bonchev–Trinajstić information content (AvgIpc) is 2.47. The molecule has 2 nitrogen and oxygen atoms in total. The number of nitrogens with one attached hydrogen (secondary N) is 1. The quantitative estimate of drug-likeness (QED) is 0.873. The predicted octanol–water partition coefficient (Wildman–Crippen LogP) is 3.44. The normalized spacial score (nSPS) is 13.5. The van der Waals surface area contributed by atoms with Crippen molar-refractivity contribution in [3.63, 3.8) is 0 Å². The predicted molar refractivity (Wildman–Crippen MR) is 69.7 cm³/mol. The fourth-order valence-electron chi connectivity index (χ4n) is 1.17. The second kappa shape index (κ2) is 6.21. The molecule has 0 aromatic carbocycles. The van der Waals surface area contributed by atoms with E-state index in [-0.39, 0.29) is 12.6 Å². The first-order valence-corrected chi connectivity index (χ1v) is 6.82. The number of rotatable bonds is 5. The standard InChI is InChI=1S/C10H15BrClNOS/c1-6(2)4-13-8(5-14)9-3-7(11)10(12)15-9/h3,6,8,13-14H,4-5H2,1-2H3. The molecule has 0 saturated carbocycles. The minimum atomic E-state index is -0.0128. The summed E-state index contributed by atoms with van der Waals surface area (Å²) in [5, 5.41) is 12.6. The summed E-state index contributed by atoms with van der Waals surface area (Å²) < 4.78 is 1.63. The molecule has 0 aliphatic heterocycles. The third-order valence-corrected chi connectivity index (χ3v) is 4.55. The molecule has 0 amide bonds. The van der Waals surface area contributed by atoms with E-state index >= 15 is 0 Å². The van der Waals surface area contributed by atoms with E-state index in [9.17, 15) is 5.11 Å². The molecule has 1 heterocycles. The summed E-state index contributed by atoms with van der Waals surface area (Å²) >= 11 is 10.8. The van der Waals surface area contributed by atoms with E-state index in [0.29, 0.717) is 5.92 Å². The van der Waals surface area contributed by atoms with Crippen molar-refractivity contribution in [2.24, 2.45) is 5.92 Å². The van der Waals surface area contributed by atoms with Gasteiger partial charge in [-0.15, -0.1) is 11.3 Å². The lowest BCUT2D eigenvalue weighted by Gasteiger charge is -2.16. The van der Waals surface area contributed by atoms with E-state index in [1.807, 2.05) is 6.07 Å². The van der Waals surface area contributed by atoms with E-state index in [4.69, 9.17) is 11.6 Å². The molecule has 0 saturated heterocycles. The van der Waals surface area contributed by atoms with Gasteiger partial charge in [0.05, 0.1) is 12.6 Å². The minimum absolute atomic E-state index is 0.0128. The van der Waals surface area contributed by atoms with Crippen LogP contribution in [0.2, 0.25) is 4.34 Å². The third kappa shape index (κ3) is 4.04. The maximum Gasteiger partial charge on any atom is 0.107 e. The van der Waals surface area contributed by atoms with Crippen LogP contribution in [0.5, 0.6) is 0 Å². The Kier molecular flexibility index (Phi) is 5.57. The van der Waals surface area contributed by atoms with Crippen LogP contribution in [0.3, 0.4) is 0 Å². The zero-order chi connectivity index (χ0) is 11.4. The molecule has 0 aliphatic rings. The van der Waals surface area contributed by atoms with Crippen molar-refractivity contribution in [1.29, 1.82) is 0 Å². The van der Waals surface area contributed by atoms with E-state index in [1.54, 1.807) is 0 Å². The lowest BCUT2D eigenvalue weighted by molar-refractivity contribution is 0.243. The van der Waals surface area contributed by atoms with Gasteiger partial charge in [0.2, 0.25) is 0 Å². The van der Waals surface area contributed by atoms with E-state index in [0.717, 1.165) is 20.2 Å². The highest BCUT2D eigenvalue weighted by Crippen LogP contribution is 2.35. The molecular formula is C10H15BrClNOS. The van der Waals surface area contributed by atoms with Gasteiger partial charge in [0, 0.05) is 9.35 Å². The summed E-state index contributed by atoms with van der Waals surface area (Å²) in [5.41, 5.74) is 0. The van der Waals surface area contributed by atoms with Crippen LogP contribution in [-0.2, 0) is 0 Å². The van der Waals surface area contributed by atoms with Crippen molar-refractivity contribution in [1.82, 2.24) is 5.32 Å². The maximum absolute atomic E-state index is 9.28. The smallest absolute Gasteiger partial charge is 0.107 e. The second-order valence-corrected chi connectivity index (χ2v) is 6.35. The van der Waals surface area contributed by atoms with Crippen molar-refractivity contribution in [3.05, 3.63) is 19.8 Å². The minimum Gasteiger partial charge on any atom is -0.394 e. The molecule has 1 aromatic heterocycles. The molecule has 1 aromatic rings. The Balaban J connectivity index is 2.65. The van der Waals surface area contributed by atoms with E-state index < -0.39 is 0 Å². The molecule has 1 unspecified atom stereocenters. The molecule has 5 heteroatoms. The van der Waals surface area contributed by atoms with Gasteiger partial charge in [0.1, 0.15) is 4.34 Å². The van der Waals surface area contributed by atoms with E-state index in [1.165, 1.54) is 11.3 Å². The Labute approximate surface area is 108 Å². The maximum atomic E-state index is 9.28. The highest BCUT2D eigenvalue weighted by molar-refractivity contribution is 9.10. The van der Waals surface area contributed by atoms with Crippen LogP contribution in [0, 0.1) is 5.92 Å². The van der Waals surface area contributed by atoms with Crippen LogP contribution in [0.1, 0.15) is 24.8 Å². The summed E-state index contributed by atoms with van der Waals surface area (Å²) in [4.78, 5) is 1.06. The van der Waals surface area contributed by atoms with Gasteiger partial charge in [-0.2, -0.15) is 0 Å². The Morgan fingerprint density at radius 2 is 2.27 bits per heavy atom. The highest BCUT2D eigenvalue weighted by atomic mass is 79.9. The monoisotopic (exact) mass is 311 g/mol. The fourth-order valence-corrected chi connectivity index (χ4v) is 2.97. The molecule has 0 fully saturated rings. The second-order valence-electron chi connectivity index (χ2n) is 3.81. The zero-order valence-electron chi connectivity index (χ0n) is 8.76. The molecule has 0 spiro atoms. The molecule has 15 heavy (non-hydrogen) atoms. The number of hydrogen-bond donors (Lipinski definition) is 2. The van der Waals surface area contributed by atoms with Crippen LogP contribution in [0.25, 0.3) is 0 Å². The Morgan fingerprint density at radius 1 is 1.60 bits per heavy atom. The molecule has 86 valence electrons. The SMILES string of the molecule is CC(C)CNC(CO)c1cc(Br)c(Cl)s1. The van der Waals surface area contributed by atoms with Gasteiger partial charge < -0.3 is 10.4 Å². The number of thiophene rings is 1. The van der Waals surface area contributed by atoms with Crippen molar-refractivity contribution >= 4 is 38.9 Å². The van der Waals surface area contributed by atoms with E-state index in [2.05, 4.69) is 35.1 Å². The van der Waals surface area contributed by atoms with Gasteiger partial charge in [0.25, 0.3) is 0 Å². The number of halogens is 2. The summed E-state index contributed by atoms with van der Waals surface area (Å²) in [5.74, 6) is 0.568. The van der Waals surface area contributed by atoms with Crippen molar-refractivity contribution < 1.29 is 5.11 Å². The molecule has 2 N–H and O–H groups in total. The summed E-state index contributed by atoms with van der Waals surface area (Å²) in [6.07, 6.45) is 0. The lowest BCUT2D eigenvalue weighted by Crippen LogP contribution is -2.27. The molecule has 0 aliphatic carbocycles. The van der Waals surface area contributed by atoms with Gasteiger partial charge in [-0.3, -0.25) is 0 Å². The first-order chi connectivity index (χ1) is 7.04. The van der Waals surface area contributed by atoms with Gasteiger partial charge in [-0.25, -0.2) is 0 Å². The Hall–Kier alpha value is 0.390. The van der Waals surface area contributed by atoms with Gasteiger partial charge >= 0.3 is 0 Å². The highest BCUT2D eigenvalue weighted by Gasteiger charge is 2.14. The summed E-state index contributed by atoms with van der Waals surface area (Å²) in [6.45, 7) is 5.26. The largest absolute Gasteiger partial charge is 0.394 e. The average molecular weight is 313 g/mol. The molecule has 0 radical (unpaired) electrons. The molecule has 1 rings (SSSR count). The van der Waals surface area contributed by atoms with Crippen LogP contribution >= 0.6 is 38.9 Å². The zero-order valence-corrected chi connectivity index (χ0v) is 11.9. The lowest BCUT2D eigenvalue weighted by atomic mass is 10.2. The number of aliphatic hydroxyl groups is 1. The number of hydrogen-bond acceptors (Lipinski definition) is 3. The van der Waals surface area contributed by atoms with Crippen LogP contribution in [0.4, 0.5) is 0 Å². The van der Waals surface area contributed by atoms with Crippen LogP contribution < -0.4 is 5.32 Å². The summed E-state index contributed by atoms with van der Waals surface area (Å²) in [6, 6.07) is 1.95. The van der Waals surface area contributed by atoms with Gasteiger partial charge in [-0.05, 0) is 34.5 Å². The van der Waals surface area contributed by atoms with Gasteiger partial charge in [-0.1, -0.05) is 25.4 Å². The fraction of sp³-hybridized carbons (Fsp3) is 0.600.